The molecule has 0 unspecified atom stereocenters. The zero-order valence-electron chi connectivity index (χ0n) is 15.0. The number of nitrogens with one attached hydrogen (secondary N) is 3. The van der Waals surface area contributed by atoms with E-state index in [0.29, 0.717) is 28.6 Å². The van der Waals surface area contributed by atoms with Crippen molar-refractivity contribution in [1.82, 2.24) is 9.97 Å². The van der Waals surface area contributed by atoms with Crippen LogP contribution < -0.4 is 10.9 Å². The van der Waals surface area contributed by atoms with Gasteiger partial charge in [-0.2, -0.15) is 0 Å². The van der Waals surface area contributed by atoms with E-state index in [4.69, 9.17) is 28.6 Å². The molecule has 0 spiro atoms. The van der Waals surface area contributed by atoms with Crippen molar-refractivity contribution in [3.8, 4) is 0 Å². The molecule has 0 aliphatic rings. The third kappa shape index (κ3) is 5.30. The van der Waals surface area contributed by atoms with E-state index in [1.54, 1.807) is 18.2 Å². The van der Waals surface area contributed by atoms with Crippen LogP contribution >= 0.6 is 23.2 Å². The van der Waals surface area contributed by atoms with Gasteiger partial charge in [0.25, 0.3) is 5.56 Å². The molecule has 0 saturated carbocycles. The van der Waals surface area contributed by atoms with Crippen LogP contribution in [0.2, 0.25) is 10.0 Å². The predicted octanol–water partition coefficient (Wildman–Crippen LogP) is 3.57. The Morgan fingerprint density at radius 1 is 1.33 bits per heavy atom. The van der Waals surface area contributed by atoms with Crippen LogP contribution in [0.5, 0.6) is 0 Å². The Kier molecular flexibility index (Phi) is 7.38. The standard InChI is InChI=1S/C18H20Cl2N4O3/c1-3-4-5-11-15(14(21)17(26)27-2)23-18(24-16(11)25)22-9-10-6-7-12(19)13(20)8-10/h6-8,21H,3-5,9H2,1-2H3,(H2,22,23,24,25). The number of ether oxygens (including phenoxy) is 1. The zero-order chi connectivity index (χ0) is 20.0. The number of esters is 1. The third-order valence-electron chi connectivity index (χ3n) is 3.87. The summed E-state index contributed by atoms with van der Waals surface area (Å²) in [6.07, 6.45) is 2.02. The topological polar surface area (TPSA) is 108 Å². The number of halogens is 2. The quantitative estimate of drug-likeness (QED) is 0.455. The Morgan fingerprint density at radius 3 is 2.70 bits per heavy atom. The average Bonchev–Trinajstić information content (AvgIpc) is 2.66. The van der Waals surface area contributed by atoms with Crippen LogP contribution in [0.3, 0.4) is 0 Å². The molecule has 1 aromatic carbocycles. The van der Waals surface area contributed by atoms with Gasteiger partial charge in [0.05, 0.1) is 17.2 Å². The molecule has 7 nitrogen and oxygen atoms in total. The summed E-state index contributed by atoms with van der Waals surface area (Å²) in [5.74, 6) is -0.698. The van der Waals surface area contributed by atoms with E-state index in [-0.39, 0.29) is 11.6 Å². The number of anilines is 1. The van der Waals surface area contributed by atoms with Gasteiger partial charge in [-0.3, -0.25) is 15.2 Å². The lowest BCUT2D eigenvalue weighted by Gasteiger charge is -2.12. The zero-order valence-corrected chi connectivity index (χ0v) is 16.5. The number of hydrogen-bond donors (Lipinski definition) is 3. The molecule has 0 fully saturated rings. The number of carbonyl (C=O) groups excluding carboxylic acids is 1. The number of rotatable bonds is 8. The second-order valence-corrected chi connectivity index (χ2v) is 6.63. The van der Waals surface area contributed by atoms with E-state index in [0.717, 1.165) is 18.4 Å². The highest BCUT2D eigenvalue weighted by Gasteiger charge is 2.21. The lowest BCUT2D eigenvalue weighted by atomic mass is 10.1. The fraction of sp³-hybridized carbons (Fsp3) is 0.333. The number of methoxy groups -OCH3 is 1. The Bertz CT molecular complexity index is 912. The minimum Gasteiger partial charge on any atom is -0.464 e. The molecule has 9 heteroatoms. The van der Waals surface area contributed by atoms with Crippen molar-refractivity contribution >= 4 is 40.8 Å². The summed E-state index contributed by atoms with van der Waals surface area (Å²) >= 11 is 11.9. The molecule has 0 radical (unpaired) electrons. The summed E-state index contributed by atoms with van der Waals surface area (Å²) in [6, 6.07) is 5.15. The summed E-state index contributed by atoms with van der Waals surface area (Å²) in [5, 5.41) is 11.8. The fourth-order valence-electron chi connectivity index (χ4n) is 2.41. The number of aromatic amines is 1. The van der Waals surface area contributed by atoms with Crippen molar-refractivity contribution in [1.29, 1.82) is 5.41 Å². The SMILES string of the molecule is CCCCc1c(C(=N)C(=O)OC)nc(NCc2ccc(Cl)c(Cl)c2)[nH]c1=O. The van der Waals surface area contributed by atoms with Gasteiger partial charge in [0.15, 0.2) is 5.71 Å². The van der Waals surface area contributed by atoms with Crippen LogP contribution in [-0.4, -0.2) is 28.8 Å². The highest BCUT2D eigenvalue weighted by Crippen LogP contribution is 2.22. The van der Waals surface area contributed by atoms with Crippen LogP contribution in [0.1, 0.15) is 36.6 Å². The lowest BCUT2D eigenvalue weighted by Crippen LogP contribution is -2.27. The molecule has 2 aromatic rings. The Balaban J connectivity index is 2.32. The van der Waals surface area contributed by atoms with Crippen LogP contribution in [0.4, 0.5) is 5.95 Å². The second kappa shape index (κ2) is 9.53. The highest BCUT2D eigenvalue weighted by atomic mass is 35.5. The largest absolute Gasteiger partial charge is 0.464 e. The third-order valence-corrected chi connectivity index (χ3v) is 4.61. The Morgan fingerprint density at radius 2 is 2.07 bits per heavy atom. The van der Waals surface area contributed by atoms with Crippen LogP contribution in [0, 0.1) is 5.41 Å². The van der Waals surface area contributed by atoms with Gasteiger partial charge >= 0.3 is 5.97 Å². The minimum absolute atomic E-state index is 0.0238. The van der Waals surface area contributed by atoms with Gasteiger partial charge in [-0.1, -0.05) is 42.6 Å². The minimum atomic E-state index is -0.846. The summed E-state index contributed by atoms with van der Waals surface area (Å²) < 4.78 is 4.60. The van der Waals surface area contributed by atoms with Crippen molar-refractivity contribution in [2.75, 3.05) is 12.4 Å². The first kappa shape index (κ1) is 20.9. The average molecular weight is 411 g/mol. The molecular formula is C18H20Cl2N4O3. The van der Waals surface area contributed by atoms with E-state index in [9.17, 15) is 9.59 Å². The van der Waals surface area contributed by atoms with Gasteiger partial charge in [-0.05, 0) is 30.5 Å². The van der Waals surface area contributed by atoms with Gasteiger partial charge in [-0.15, -0.1) is 0 Å². The first-order valence-corrected chi connectivity index (χ1v) is 9.11. The molecule has 0 bridgehead atoms. The van der Waals surface area contributed by atoms with Gasteiger partial charge in [0, 0.05) is 12.1 Å². The van der Waals surface area contributed by atoms with Crippen molar-refractivity contribution < 1.29 is 9.53 Å². The van der Waals surface area contributed by atoms with Gasteiger partial charge in [0.1, 0.15) is 5.69 Å². The Labute approximate surface area is 166 Å². The van der Waals surface area contributed by atoms with Crippen molar-refractivity contribution in [3.05, 3.63) is 55.4 Å². The molecule has 1 aromatic heterocycles. The lowest BCUT2D eigenvalue weighted by molar-refractivity contribution is -0.132. The van der Waals surface area contributed by atoms with E-state index in [1.807, 2.05) is 6.92 Å². The molecular weight excluding hydrogens is 391 g/mol. The molecule has 27 heavy (non-hydrogen) atoms. The number of H-pyrrole nitrogens is 1. The summed E-state index contributed by atoms with van der Waals surface area (Å²) in [4.78, 5) is 31.1. The molecule has 0 aliphatic heterocycles. The smallest absolute Gasteiger partial charge is 0.358 e. The normalized spacial score (nSPS) is 10.5. The number of unbranched alkanes of at least 4 members (excludes halogenated alkanes) is 1. The summed E-state index contributed by atoms with van der Waals surface area (Å²) in [6.45, 7) is 2.30. The molecule has 0 amide bonds. The maximum Gasteiger partial charge on any atom is 0.358 e. The number of nitrogens with zero attached hydrogens (tertiary/aromatic N) is 1. The molecule has 0 atom stereocenters. The van der Waals surface area contributed by atoms with Crippen LogP contribution in [0.25, 0.3) is 0 Å². The van der Waals surface area contributed by atoms with E-state index in [2.05, 4.69) is 20.0 Å². The maximum absolute atomic E-state index is 12.5. The number of aromatic nitrogens is 2. The highest BCUT2D eigenvalue weighted by molar-refractivity contribution is 6.42. The second-order valence-electron chi connectivity index (χ2n) is 5.81. The van der Waals surface area contributed by atoms with E-state index in [1.165, 1.54) is 7.11 Å². The number of hydrogen-bond acceptors (Lipinski definition) is 6. The van der Waals surface area contributed by atoms with Crippen LogP contribution in [-0.2, 0) is 22.5 Å². The monoisotopic (exact) mass is 410 g/mol. The first-order chi connectivity index (χ1) is 12.9. The number of benzene rings is 1. The predicted molar refractivity (Wildman–Crippen MR) is 106 cm³/mol. The van der Waals surface area contributed by atoms with Gasteiger partial charge in [0.2, 0.25) is 5.95 Å². The first-order valence-electron chi connectivity index (χ1n) is 8.35. The molecule has 1 heterocycles. The summed E-state index contributed by atoms with van der Waals surface area (Å²) in [5.41, 5.74) is 0.306. The molecule has 144 valence electrons. The van der Waals surface area contributed by atoms with E-state index < -0.39 is 17.2 Å². The fourth-order valence-corrected chi connectivity index (χ4v) is 2.73. The maximum atomic E-state index is 12.5. The molecule has 0 saturated heterocycles. The Hall–Kier alpha value is -2.38. The van der Waals surface area contributed by atoms with Gasteiger partial charge < -0.3 is 10.1 Å². The van der Waals surface area contributed by atoms with Crippen LogP contribution in [0.15, 0.2) is 23.0 Å². The number of carbonyl (C=O) groups is 1. The van der Waals surface area contributed by atoms with E-state index >= 15 is 0 Å². The molecule has 3 N–H and O–H groups in total. The van der Waals surface area contributed by atoms with Crippen molar-refractivity contribution in [3.63, 3.8) is 0 Å². The van der Waals surface area contributed by atoms with Gasteiger partial charge in [-0.25, -0.2) is 9.78 Å². The van der Waals surface area contributed by atoms with Crippen molar-refractivity contribution in [2.45, 2.75) is 32.7 Å². The molecule has 2 rings (SSSR count). The van der Waals surface area contributed by atoms with Crippen molar-refractivity contribution in [2.24, 2.45) is 0 Å². The summed E-state index contributed by atoms with van der Waals surface area (Å²) in [7, 11) is 1.18. The molecule has 0 aliphatic carbocycles.